The number of nitrogens with one attached hydrogen (secondary N) is 1. The summed E-state index contributed by atoms with van der Waals surface area (Å²) in [7, 11) is 0. The minimum Gasteiger partial charge on any atom is -0.508 e. The van der Waals surface area contributed by atoms with E-state index in [-0.39, 0.29) is 11.7 Å². The molecule has 1 heterocycles. The zero-order valence-electron chi connectivity index (χ0n) is 11.8. The molecule has 0 radical (unpaired) electrons. The number of ether oxygens (including phenoxy) is 2. The molecule has 112 valence electrons. The summed E-state index contributed by atoms with van der Waals surface area (Å²) in [5, 5.41) is 12.0. The molecule has 1 aliphatic rings. The van der Waals surface area contributed by atoms with E-state index < -0.39 is 0 Å². The predicted molar refractivity (Wildman–Crippen MR) is 83.2 cm³/mol. The number of amides is 1. The molecule has 0 aliphatic carbocycles. The quantitative estimate of drug-likeness (QED) is 0.855. The second-order valence-corrected chi connectivity index (χ2v) is 4.77. The fraction of sp³-hybridized carbons (Fsp3) is 0.118. The lowest BCUT2D eigenvalue weighted by Crippen LogP contribution is -2.16. The highest BCUT2D eigenvalue weighted by Crippen LogP contribution is 2.32. The van der Waals surface area contributed by atoms with Crippen molar-refractivity contribution < 1.29 is 19.4 Å². The summed E-state index contributed by atoms with van der Waals surface area (Å²) in [4.78, 5) is 11.9. The Morgan fingerprint density at radius 1 is 1.05 bits per heavy atom. The molecule has 2 aromatic rings. The van der Waals surface area contributed by atoms with Crippen molar-refractivity contribution in [2.45, 2.75) is 0 Å². The van der Waals surface area contributed by atoms with Crippen LogP contribution in [0.2, 0.25) is 0 Å². The lowest BCUT2D eigenvalue weighted by atomic mass is 10.2. The van der Waals surface area contributed by atoms with Gasteiger partial charge in [-0.15, -0.1) is 0 Å². The molecular formula is C17H15NO4. The van der Waals surface area contributed by atoms with E-state index in [2.05, 4.69) is 5.32 Å². The Bertz CT molecular complexity index is 707. The van der Waals surface area contributed by atoms with Crippen LogP contribution in [0.3, 0.4) is 0 Å². The normalized spacial score (nSPS) is 13.1. The molecule has 5 heteroatoms. The average molecular weight is 297 g/mol. The maximum Gasteiger partial charge on any atom is 0.248 e. The topological polar surface area (TPSA) is 67.8 Å². The molecule has 0 atom stereocenters. The van der Waals surface area contributed by atoms with Gasteiger partial charge in [0.15, 0.2) is 11.5 Å². The minimum absolute atomic E-state index is 0.192. The van der Waals surface area contributed by atoms with Crippen LogP contribution in [0.15, 0.2) is 48.5 Å². The van der Waals surface area contributed by atoms with Crippen molar-refractivity contribution in [1.82, 2.24) is 0 Å². The highest BCUT2D eigenvalue weighted by atomic mass is 16.6. The van der Waals surface area contributed by atoms with Gasteiger partial charge in [0.1, 0.15) is 19.0 Å². The average Bonchev–Trinajstić information content (AvgIpc) is 2.54. The Balaban J connectivity index is 1.65. The van der Waals surface area contributed by atoms with Gasteiger partial charge >= 0.3 is 0 Å². The third-order valence-corrected chi connectivity index (χ3v) is 3.13. The summed E-state index contributed by atoms with van der Waals surface area (Å²) in [6, 6.07) is 11.9. The van der Waals surface area contributed by atoms with E-state index in [1.807, 2.05) is 0 Å². The highest BCUT2D eigenvalue weighted by Gasteiger charge is 2.12. The van der Waals surface area contributed by atoms with Crippen LogP contribution in [0.5, 0.6) is 17.2 Å². The van der Waals surface area contributed by atoms with E-state index in [0.29, 0.717) is 30.4 Å². The Morgan fingerprint density at radius 2 is 1.77 bits per heavy atom. The van der Waals surface area contributed by atoms with Gasteiger partial charge in [0.05, 0.1) is 0 Å². The minimum atomic E-state index is -0.246. The summed E-state index contributed by atoms with van der Waals surface area (Å²) < 4.78 is 10.9. The number of aromatic hydroxyl groups is 1. The number of rotatable bonds is 3. The molecule has 0 spiro atoms. The van der Waals surface area contributed by atoms with Crippen LogP contribution < -0.4 is 14.8 Å². The second kappa shape index (κ2) is 6.22. The third kappa shape index (κ3) is 3.38. The van der Waals surface area contributed by atoms with Gasteiger partial charge in [0, 0.05) is 17.8 Å². The van der Waals surface area contributed by atoms with E-state index in [4.69, 9.17) is 9.47 Å². The fourth-order valence-corrected chi connectivity index (χ4v) is 2.06. The number of carbonyl (C=O) groups is 1. The highest BCUT2D eigenvalue weighted by molar-refractivity contribution is 6.02. The number of fused-ring (bicyclic) bond motifs is 1. The monoisotopic (exact) mass is 297 g/mol. The van der Waals surface area contributed by atoms with Gasteiger partial charge in [-0.2, -0.15) is 0 Å². The van der Waals surface area contributed by atoms with Crippen molar-refractivity contribution in [2.75, 3.05) is 18.5 Å². The van der Waals surface area contributed by atoms with Crippen LogP contribution in [-0.4, -0.2) is 24.2 Å². The fourth-order valence-electron chi connectivity index (χ4n) is 2.06. The number of benzene rings is 2. The van der Waals surface area contributed by atoms with Gasteiger partial charge in [0.25, 0.3) is 0 Å². The molecule has 0 saturated heterocycles. The van der Waals surface area contributed by atoms with E-state index in [9.17, 15) is 9.90 Å². The van der Waals surface area contributed by atoms with Gasteiger partial charge in [-0.1, -0.05) is 12.1 Å². The lowest BCUT2D eigenvalue weighted by molar-refractivity contribution is -0.111. The molecule has 22 heavy (non-hydrogen) atoms. The Hall–Kier alpha value is -2.95. The zero-order valence-corrected chi connectivity index (χ0v) is 11.8. The Kier molecular flexibility index (Phi) is 3.96. The number of hydrogen-bond donors (Lipinski definition) is 2. The van der Waals surface area contributed by atoms with Crippen LogP contribution in [0.1, 0.15) is 5.56 Å². The molecule has 2 N–H and O–H groups in total. The zero-order chi connectivity index (χ0) is 15.4. The summed E-state index contributed by atoms with van der Waals surface area (Å²) in [6.45, 7) is 1.04. The summed E-state index contributed by atoms with van der Waals surface area (Å²) >= 11 is 0. The molecule has 1 amide bonds. The molecule has 0 bridgehead atoms. The number of phenolic OH excluding ortho intramolecular Hbond substituents is 1. The molecule has 0 aromatic heterocycles. The first-order valence-electron chi connectivity index (χ1n) is 6.88. The first-order valence-corrected chi connectivity index (χ1v) is 6.88. The van der Waals surface area contributed by atoms with Gasteiger partial charge in [-0.05, 0) is 35.9 Å². The van der Waals surface area contributed by atoms with Gasteiger partial charge in [-0.3, -0.25) is 4.79 Å². The predicted octanol–water partition coefficient (Wildman–Crippen LogP) is 2.82. The summed E-state index contributed by atoms with van der Waals surface area (Å²) in [6.07, 6.45) is 3.11. The van der Waals surface area contributed by atoms with E-state index in [1.165, 1.54) is 6.08 Å². The van der Waals surface area contributed by atoms with Crippen LogP contribution in [-0.2, 0) is 4.79 Å². The van der Waals surface area contributed by atoms with Gasteiger partial charge in [0.2, 0.25) is 5.91 Å². The SMILES string of the molecule is O=C(/C=C/c1ccc(O)cc1)Nc1ccc2c(c1)OCCO2. The third-order valence-electron chi connectivity index (χ3n) is 3.13. The van der Waals surface area contributed by atoms with Crippen LogP contribution in [0.25, 0.3) is 6.08 Å². The van der Waals surface area contributed by atoms with Crippen molar-refractivity contribution in [1.29, 1.82) is 0 Å². The molecule has 5 nitrogen and oxygen atoms in total. The van der Waals surface area contributed by atoms with Crippen molar-refractivity contribution >= 4 is 17.7 Å². The van der Waals surface area contributed by atoms with Gasteiger partial charge < -0.3 is 19.9 Å². The second-order valence-electron chi connectivity index (χ2n) is 4.77. The first-order chi connectivity index (χ1) is 10.7. The molecule has 3 rings (SSSR count). The summed E-state index contributed by atoms with van der Waals surface area (Å²) in [5.41, 5.74) is 1.47. The largest absolute Gasteiger partial charge is 0.508 e. The van der Waals surface area contributed by atoms with E-state index in [0.717, 1.165) is 5.56 Å². The summed E-state index contributed by atoms with van der Waals surface area (Å²) in [5.74, 6) is 1.26. The van der Waals surface area contributed by atoms with Gasteiger partial charge in [-0.25, -0.2) is 0 Å². The van der Waals surface area contributed by atoms with E-state index >= 15 is 0 Å². The Labute approximate surface area is 127 Å². The number of carbonyl (C=O) groups excluding carboxylic acids is 1. The van der Waals surface area contributed by atoms with Crippen molar-refractivity contribution in [3.63, 3.8) is 0 Å². The maximum atomic E-state index is 11.9. The number of anilines is 1. The molecule has 0 unspecified atom stereocenters. The molecule has 1 aliphatic heterocycles. The standard InChI is InChI=1S/C17H15NO4/c19-14-5-1-12(2-6-14)3-8-17(20)18-13-4-7-15-16(11-13)22-10-9-21-15/h1-8,11,19H,9-10H2,(H,18,20)/b8-3+. The van der Waals surface area contributed by atoms with E-state index in [1.54, 1.807) is 48.5 Å². The van der Waals surface area contributed by atoms with Crippen molar-refractivity contribution in [3.05, 3.63) is 54.1 Å². The lowest BCUT2D eigenvalue weighted by Gasteiger charge is -2.18. The molecule has 2 aromatic carbocycles. The molecule has 0 saturated carbocycles. The molecular weight excluding hydrogens is 282 g/mol. The maximum absolute atomic E-state index is 11.9. The van der Waals surface area contributed by atoms with Crippen LogP contribution >= 0.6 is 0 Å². The van der Waals surface area contributed by atoms with Crippen LogP contribution in [0, 0.1) is 0 Å². The van der Waals surface area contributed by atoms with Crippen molar-refractivity contribution in [2.24, 2.45) is 0 Å². The number of phenols is 1. The Morgan fingerprint density at radius 3 is 2.55 bits per heavy atom. The number of hydrogen-bond acceptors (Lipinski definition) is 4. The van der Waals surface area contributed by atoms with Crippen molar-refractivity contribution in [3.8, 4) is 17.2 Å². The smallest absolute Gasteiger partial charge is 0.248 e. The first kappa shape index (κ1) is 14.0. The van der Waals surface area contributed by atoms with Crippen LogP contribution in [0.4, 0.5) is 5.69 Å². The molecule has 0 fully saturated rings.